The summed E-state index contributed by atoms with van der Waals surface area (Å²) in [6, 6.07) is 7.98. The minimum atomic E-state index is -0.0704. The highest BCUT2D eigenvalue weighted by molar-refractivity contribution is 5.93. The highest BCUT2D eigenvalue weighted by Crippen LogP contribution is 2.35. The number of imidazole rings is 1. The summed E-state index contributed by atoms with van der Waals surface area (Å²) in [4.78, 5) is 17.5. The maximum absolute atomic E-state index is 12.9. The summed E-state index contributed by atoms with van der Waals surface area (Å²) in [5.74, 6) is 2.21. The fourth-order valence-corrected chi connectivity index (χ4v) is 3.86. The van der Waals surface area contributed by atoms with Crippen LogP contribution in [-0.2, 0) is 17.8 Å². The monoisotopic (exact) mass is 379 g/mol. The van der Waals surface area contributed by atoms with Gasteiger partial charge in [0.25, 0.3) is 0 Å². The van der Waals surface area contributed by atoms with Gasteiger partial charge >= 0.3 is 0 Å². The molecular formula is C22H25N3O3. The molecule has 28 heavy (non-hydrogen) atoms. The number of benzene rings is 2. The van der Waals surface area contributed by atoms with Crippen LogP contribution in [0.3, 0.4) is 0 Å². The molecule has 2 heterocycles. The lowest BCUT2D eigenvalue weighted by atomic mass is 10.1. The number of aryl methyl sites for hydroxylation is 4. The zero-order chi connectivity index (χ0) is 19.8. The first-order valence-corrected chi connectivity index (χ1v) is 9.62. The average Bonchev–Trinajstić information content (AvgIpc) is 2.99. The summed E-state index contributed by atoms with van der Waals surface area (Å²) >= 11 is 0. The maximum Gasteiger partial charge on any atom is 0.244 e. The van der Waals surface area contributed by atoms with Gasteiger partial charge in [0.15, 0.2) is 11.5 Å². The molecule has 6 heteroatoms. The van der Waals surface area contributed by atoms with E-state index in [4.69, 9.17) is 14.5 Å². The van der Waals surface area contributed by atoms with Crippen molar-refractivity contribution in [2.24, 2.45) is 0 Å². The third-order valence-corrected chi connectivity index (χ3v) is 5.05. The fourth-order valence-electron chi connectivity index (χ4n) is 3.86. The third kappa shape index (κ3) is 3.30. The van der Waals surface area contributed by atoms with E-state index in [9.17, 15) is 4.79 Å². The SMILES string of the molecule is CCc1nc2cc3c(cc2n1CC(=O)Nc1c(C)cc(C)cc1C)OCCO3. The molecular weight excluding hydrogens is 354 g/mol. The second kappa shape index (κ2) is 7.19. The molecule has 0 saturated heterocycles. The summed E-state index contributed by atoms with van der Waals surface area (Å²) in [6.45, 7) is 9.40. The Kier molecular flexibility index (Phi) is 4.71. The molecule has 0 radical (unpaired) electrons. The Morgan fingerprint density at radius 3 is 2.36 bits per heavy atom. The van der Waals surface area contributed by atoms with Crippen LogP contribution in [0.15, 0.2) is 24.3 Å². The molecule has 0 fully saturated rings. The van der Waals surface area contributed by atoms with Crippen LogP contribution >= 0.6 is 0 Å². The van der Waals surface area contributed by atoms with E-state index in [0.717, 1.165) is 40.1 Å². The van der Waals surface area contributed by atoms with E-state index in [1.165, 1.54) is 5.56 Å². The number of nitrogens with zero attached hydrogens (tertiary/aromatic N) is 2. The lowest BCUT2D eigenvalue weighted by molar-refractivity contribution is -0.116. The standard InChI is InChI=1S/C22H25N3O3/c1-5-20-23-16-10-18-19(28-7-6-27-18)11-17(16)25(20)12-21(26)24-22-14(3)8-13(2)9-15(22)4/h8-11H,5-7,12H2,1-4H3,(H,24,26). The van der Waals surface area contributed by atoms with Crippen molar-refractivity contribution >= 4 is 22.6 Å². The van der Waals surface area contributed by atoms with Gasteiger partial charge in [-0.1, -0.05) is 24.6 Å². The molecule has 146 valence electrons. The number of hydrogen-bond acceptors (Lipinski definition) is 4. The number of fused-ring (bicyclic) bond motifs is 2. The number of carbonyl (C=O) groups is 1. The van der Waals surface area contributed by atoms with Crippen LogP contribution in [0.25, 0.3) is 11.0 Å². The molecule has 0 spiro atoms. The number of anilines is 1. The molecule has 0 bridgehead atoms. The van der Waals surface area contributed by atoms with Gasteiger partial charge in [0.2, 0.25) is 5.91 Å². The molecule has 1 aromatic heterocycles. The summed E-state index contributed by atoms with van der Waals surface area (Å²) in [5, 5.41) is 3.08. The van der Waals surface area contributed by atoms with Gasteiger partial charge in [0.05, 0.1) is 11.0 Å². The van der Waals surface area contributed by atoms with Gasteiger partial charge in [-0.3, -0.25) is 4.79 Å². The van der Waals surface area contributed by atoms with E-state index in [1.54, 1.807) is 0 Å². The highest BCUT2D eigenvalue weighted by Gasteiger charge is 2.19. The Labute approximate surface area is 164 Å². The lowest BCUT2D eigenvalue weighted by Crippen LogP contribution is -2.21. The predicted molar refractivity (Wildman–Crippen MR) is 109 cm³/mol. The summed E-state index contributed by atoms with van der Waals surface area (Å²) in [6.07, 6.45) is 0.733. The Balaban J connectivity index is 1.66. The average molecular weight is 379 g/mol. The molecule has 1 aliphatic heterocycles. The van der Waals surface area contributed by atoms with Crippen molar-refractivity contribution in [2.45, 2.75) is 40.7 Å². The first-order valence-electron chi connectivity index (χ1n) is 9.62. The van der Waals surface area contributed by atoms with Crippen molar-refractivity contribution in [2.75, 3.05) is 18.5 Å². The molecule has 6 nitrogen and oxygen atoms in total. The minimum absolute atomic E-state index is 0.0704. The van der Waals surface area contributed by atoms with Crippen molar-refractivity contribution < 1.29 is 14.3 Å². The molecule has 0 unspecified atom stereocenters. The van der Waals surface area contributed by atoms with Gasteiger partial charge in [-0.05, 0) is 31.9 Å². The number of ether oxygens (including phenoxy) is 2. The van der Waals surface area contributed by atoms with Crippen LogP contribution in [0.2, 0.25) is 0 Å². The van der Waals surface area contributed by atoms with E-state index in [2.05, 4.69) is 24.4 Å². The third-order valence-electron chi connectivity index (χ3n) is 5.05. The highest BCUT2D eigenvalue weighted by atomic mass is 16.6. The van der Waals surface area contributed by atoms with E-state index < -0.39 is 0 Å². The number of rotatable bonds is 4. The van der Waals surface area contributed by atoms with Crippen molar-refractivity contribution in [3.63, 3.8) is 0 Å². The van der Waals surface area contributed by atoms with E-state index in [-0.39, 0.29) is 12.5 Å². The van der Waals surface area contributed by atoms with Gasteiger partial charge in [-0.25, -0.2) is 4.98 Å². The lowest BCUT2D eigenvalue weighted by Gasteiger charge is -2.18. The molecule has 2 aromatic carbocycles. The van der Waals surface area contributed by atoms with E-state index in [0.29, 0.717) is 24.7 Å². The number of nitrogens with one attached hydrogen (secondary N) is 1. The Morgan fingerprint density at radius 2 is 1.71 bits per heavy atom. The molecule has 0 atom stereocenters. The summed E-state index contributed by atoms with van der Waals surface area (Å²) in [7, 11) is 0. The Morgan fingerprint density at radius 1 is 1.07 bits per heavy atom. The molecule has 3 aromatic rings. The van der Waals surface area contributed by atoms with Crippen molar-refractivity contribution in [3.05, 3.63) is 46.8 Å². The van der Waals surface area contributed by atoms with Crippen LogP contribution in [-0.4, -0.2) is 28.7 Å². The van der Waals surface area contributed by atoms with Gasteiger partial charge in [0.1, 0.15) is 25.6 Å². The van der Waals surface area contributed by atoms with Gasteiger partial charge in [-0.15, -0.1) is 0 Å². The minimum Gasteiger partial charge on any atom is -0.486 e. The van der Waals surface area contributed by atoms with Gasteiger partial charge in [-0.2, -0.15) is 0 Å². The Bertz CT molecular complexity index is 1050. The van der Waals surface area contributed by atoms with Crippen LogP contribution in [0.4, 0.5) is 5.69 Å². The molecule has 0 aliphatic carbocycles. The van der Waals surface area contributed by atoms with E-state index in [1.807, 2.05) is 37.5 Å². The fraction of sp³-hybridized carbons (Fsp3) is 0.364. The van der Waals surface area contributed by atoms with Crippen LogP contribution < -0.4 is 14.8 Å². The second-order valence-corrected chi connectivity index (χ2v) is 7.27. The van der Waals surface area contributed by atoms with Crippen molar-refractivity contribution in [3.8, 4) is 11.5 Å². The molecule has 4 rings (SSSR count). The van der Waals surface area contributed by atoms with Crippen molar-refractivity contribution in [1.82, 2.24) is 9.55 Å². The predicted octanol–water partition coefficient (Wildman–Crippen LogP) is 3.93. The van der Waals surface area contributed by atoms with Crippen LogP contribution in [0.1, 0.15) is 29.4 Å². The first kappa shape index (κ1) is 18.3. The normalized spacial score (nSPS) is 13.0. The number of amides is 1. The Hall–Kier alpha value is -3.02. The molecule has 1 amide bonds. The summed E-state index contributed by atoms with van der Waals surface area (Å²) < 4.78 is 13.3. The van der Waals surface area contributed by atoms with Crippen LogP contribution in [0, 0.1) is 20.8 Å². The first-order chi connectivity index (χ1) is 13.5. The topological polar surface area (TPSA) is 65.4 Å². The van der Waals surface area contributed by atoms with Crippen LogP contribution in [0.5, 0.6) is 11.5 Å². The quantitative estimate of drug-likeness (QED) is 0.746. The zero-order valence-electron chi connectivity index (χ0n) is 16.8. The van der Waals surface area contributed by atoms with E-state index >= 15 is 0 Å². The molecule has 1 aliphatic rings. The van der Waals surface area contributed by atoms with Gasteiger partial charge < -0.3 is 19.4 Å². The number of aromatic nitrogens is 2. The van der Waals surface area contributed by atoms with Crippen molar-refractivity contribution in [1.29, 1.82) is 0 Å². The molecule has 0 saturated carbocycles. The maximum atomic E-state index is 12.9. The van der Waals surface area contributed by atoms with Gasteiger partial charge in [0, 0.05) is 24.2 Å². The number of hydrogen-bond donors (Lipinski definition) is 1. The second-order valence-electron chi connectivity index (χ2n) is 7.27. The number of carbonyl (C=O) groups excluding carboxylic acids is 1. The molecule has 1 N–H and O–H groups in total. The summed E-state index contributed by atoms with van der Waals surface area (Å²) in [5.41, 5.74) is 5.90. The largest absolute Gasteiger partial charge is 0.486 e. The zero-order valence-corrected chi connectivity index (χ0v) is 16.8. The smallest absolute Gasteiger partial charge is 0.244 e.